The van der Waals surface area contributed by atoms with Crippen molar-refractivity contribution in [1.29, 1.82) is 0 Å². The number of benzene rings is 1. The van der Waals surface area contributed by atoms with E-state index >= 15 is 0 Å². The Morgan fingerprint density at radius 3 is 2.67 bits per heavy atom. The molecule has 1 aliphatic rings. The second-order valence-electron chi connectivity index (χ2n) is 2.39. The van der Waals surface area contributed by atoms with Gasteiger partial charge in [0, 0.05) is 0 Å². The largest absolute Gasteiger partial charge is 0.296 e. The molecule has 0 saturated heterocycles. The van der Waals surface area contributed by atoms with Crippen LogP contribution in [-0.4, -0.2) is 14.7 Å². The Morgan fingerprint density at radius 2 is 2.00 bits per heavy atom. The standard InChI is InChI=1S/C7H5NO3S/c9-7-5-3-1-2-4-6(5)12(10,11)8-7/h1-4H,(H,8,9,10,11). The summed E-state index contributed by atoms with van der Waals surface area (Å²) in [6.45, 7) is 0. The molecule has 0 aromatic heterocycles. The minimum Gasteiger partial charge on any atom is -0.296 e. The maximum atomic E-state index is 11.2. The molecular formula is C7H5NO3S. The highest BCUT2D eigenvalue weighted by atomic mass is 32.2. The van der Waals surface area contributed by atoms with Gasteiger partial charge in [0.1, 0.15) is 0 Å². The Bertz CT molecular complexity index is 471. The molecular weight excluding hydrogens is 178 g/mol. The molecule has 1 aromatic carbocycles. The Labute approximate surface area is 69.2 Å². The average molecular weight is 183 g/mol. The summed E-state index contributed by atoms with van der Waals surface area (Å²) in [5, 5.41) is 0. The van der Waals surface area contributed by atoms with Gasteiger partial charge in [-0.1, -0.05) is 12.1 Å². The number of hydrogen-bond donors (Lipinski definition) is 1. The predicted octanol–water partition coefficient (Wildman–Crippen LogP) is 1.14. The summed E-state index contributed by atoms with van der Waals surface area (Å²) in [6.07, 6.45) is 0. The van der Waals surface area contributed by atoms with Crippen LogP contribution in [0, 0.1) is 0 Å². The van der Waals surface area contributed by atoms with Gasteiger partial charge in [0.15, 0.2) is 10.0 Å². The van der Waals surface area contributed by atoms with E-state index in [1.165, 1.54) is 12.1 Å². The molecule has 1 heterocycles. The van der Waals surface area contributed by atoms with Crippen molar-refractivity contribution >= 4 is 15.9 Å². The lowest BCUT2D eigenvalue weighted by molar-refractivity contribution is 0.101. The molecule has 0 spiro atoms. The Hall–Kier alpha value is -1.20. The van der Waals surface area contributed by atoms with Crippen LogP contribution in [0.2, 0.25) is 0 Å². The van der Waals surface area contributed by atoms with E-state index in [2.05, 4.69) is 4.36 Å². The second-order valence-corrected chi connectivity index (χ2v) is 4.00. The highest BCUT2D eigenvalue weighted by Gasteiger charge is 2.26. The zero-order valence-corrected chi connectivity index (χ0v) is 6.75. The van der Waals surface area contributed by atoms with Gasteiger partial charge in [0.25, 0.3) is 5.91 Å². The average Bonchev–Trinajstić information content (AvgIpc) is 2.25. The zero-order valence-electron chi connectivity index (χ0n) is 5.93. The zero-order chi connectivity index (χ0) is 8.77. The van der Waals surface area contributed by atoms with Crippen molar-refractivity contribution in [3.63, 3.8) is 0 Å². The number of fused-ring (bicyclic) bond motifs is 1. The summed E-state index contributed by atoms with van der Waals surface area (Å²) < 4.78 is 23.5. The van der Waals surface area contributed by atoms with Crippen LogP contribution in [0.4, 0.5) is 0 Å². The number of hydrogen-bond acceptors (Lipinski definition) is 2. The topological polar surface area (TPSA) is 66.7 Å². The van der Waals surface area contributed by atoms with E-state index in [1.807, 2.05) is 0 Å². The van der Waals surface area contributed by atoms with Crippen LogP contribution >= 0.6 is 0 Å². The number of carbonyl (C=O) groups excluding carboxylic acids is 1. The molecule has 1 aromatic rings. The summed E-state index contributed by atoms with van der Waals surface area (Å²) >= 11 is 0. The van der Waals surface area contributed by atoms with E-state index < -0.39 is 15.9 Å². The summed E-state index contributed by atoms with van der Waals surface area (Å²) in [4.78, 5) is 11.1. The van der Waals surface area contributed by atoms with E-state index in [4.69, 9.17) is 4.55 Å². The molecule has 5 heteroatoms. The molecule has 2 rings (SSSR count). The number of nitrogens with zero attached hydrogens (tertiary/aromatic N) is 1. The molecule has 1 amide bonds. The summed E-state index contributed by atoms with van der Waals surface area (Å²) in [6, 6.07) is 6.16. The third-order valence-electron chi connectivity index (χ3n) is 1.61. The minimum absolute atomic E-state index is 0.120. The minimum atomic E-state index is -3.43. The van der Waals surface area contributed by atoms with E-state index in [0.29, 0.717) is 0 Å². The molecule has 1 atom stereocenters. The molecule has 0 fully saturated rings. The quantitative estimate of drug-likeness (QED) is 0.655. The highest BCUT2D eigenvalue weighted by molar-refractivity contribution is 7.89. The second kappa shape index (κ2) is 2.15. The molecule has 0 bridgehead atoms. The van der Waals surface area contributed by atoms with E-state index in [0.717, 1.165) is 0 Å². The Kier molecular flexibility index (Phi) is 1.33. The monoisotopic (exact) mass is 183 g/mol. The van der Waals surface area contributed by atoms with Gasteiger partial charge in [0.05, 0.1) is 10.5 Å². The third-order valence-corrected chi connectivity index (χ3v) is 2.95. The molecule has 4 nitrogen and oxygen atoms in total. The molecule has 1 unspecified atom stereocenters. The smallest absolute Gasteiger partial charge is 0.288 e. The van der Waals surface area contributed by atoms with E-state index in [-0.39, 0.29) is 10.5 Å². The van der Waals surface area contributed by atoms with Gasteiger partial charge in [-0.3, -0.25) is 9.35 Å². The maximum Gasteiger partial charge on any atom is 0.288 e. The van der Waals surface area contributed by atoms with Gasteiger partial charge in [-0.05, 0) is 12.1 Å². The maximum absolute atomic E-state index is 11.2. The molecule has 0 aliphatic carbocycles. The van der Waals surface area contributed by atoms with Gasteiger partial charge in [-0.15, -0.1) is 4.36 Å². The lowest BCUT2D eigenvalue weighted by atomic mass is 10.2. The first-order valence-corrected chi connectivity index (χ1v) is 4.71. The predicted molar refractivity (Wildman–Crippen MR) is 42.2 cm³/mol. The number of amides is 1. The van der Waals surface area contributed by atoms with Crippen LogP contribution in [-0.2, 0) is 10.0 Å². The summed E-state index contributed by atoms with van der Waals surface area (Å²) in [5.74, 6) is -0.613. The number of carbonyl (C=O) groups is 1. The lowest BCUT2D eigenvalue weighted by Gasteiger charge is -1.94. The molecule has 1 aliphatic heterocycles. The van der Waals surface area contributed by atoms with Crippen molar-refractivity contribution in [1.82, 2.24) is 0 Å². The van der Waals surface area contributed by atoms with Gasteiger partial charge >= 0.3 is 0 Å². The Morgan fingerprint density at radius 1 is 1.33 bits per heavy atom. The lowest BCUT2D eigenvalue weighted by Crippen LogP contribution is -1.94. The van der Waals surface area contributed by atoms with Crippen molar-refractivity contribution in [2.45, 2.75) is 4.90 Å². The van der Waals surface area contributed by atoms with Gasteiger partial charge in [-0.25, -0.2) is 4.21 Å². The van der Waals surface area contributed by atoms with Crippen LogP contribution in [0.1, 0.15) is 10.4 Å². The fourth-order valence-corrected chi connectivity index (χ4v) is 2.21. The SMILES string of the molecule is O=C1N=S(=O)(O)c2ccccc21. The number of rotatable bonds is 0. The Balaban J connectivity index is 2.87. The van der Waals surface area contributed by atoms with Crippen molar-refractivity contribution in [3.05, 3.63) is 29.8 Å². The van der Waals surface area contributed by atoms with Gasteiger partial charge in [-0.2, -0.15) is 0 Å². The van der Waals surface area contributed by atoms with Crippen LogP contribution in [0.3, 0.4) is 0 Å². The normalized spacial score (nSPS) is 26.6. The van der Waals surface area contributed by atoms with E-state index in [1.54, 1.807) is 12.1 Å². The molecule has 0 radical (unpaired) electrons. The van der Waals surface area contributed by atoms with Crippen LogP contribution in [0.25, 0.3) is 0 Å². The molecule has 62 valence electrons. The van der Waals surface area contributed by atoms with Gasteiger partial charge in [0.2, 0.25) is 0 Å². The fraction of sp³-hybridized carbons (Fsp3) is 0. The van der Waals surface area contributed by atoms with Crippen molar-refractivity contribution < 1.29 is 13.6 Å². The third kappa shape index (κ3) is 0.870. The summed E-state index contributed by atoms with van der Waals surface area (Å²) in [7, 11) is -3.43. The first-order chi connectivity index (χ1) is 5.61. The molecule has 12 heavy (non-hydrogen) atoms. The first kappa shape index (κ1) is 7.45. The molecule has 1 N–H and O–H groups in total. The van der Waals surface area contributed by atoms with Crippen molar-refractivity contribution in [2.24, 2.45) is 4.36 Å². The van der Waals surface area contributed by atoms with Crippen molar-refractivity contribution in [2.75, 3.05) is 0 Å². The summed E-state index contributed by atoms with van der Waals surface area (Å²) in [5.41, 5.74) is 0.227. The van der Waals surface area contributed by atoms with Crippen LogP contribution in [0.15, 0.2) is 33.5 Å². The van der Waals surface area contributed by atoms with Crippen LogP contribution in [0.5, 0.6) is 0 Å². The first-order valence-electron chi connectivity index (χ1n) is 3.24. The van der Waals surface area contributed by atoms with E-state index in [9.17, 15) is 9.00 Å². The highest BCUT2D eigenvalue weighted by Crippen LogP contribution is 2.24. The van der Waals surface area contributed by atoms with Crippen LogP contribution < -0.4 is 0 Å². The van der Waals surface area contributed by atoms with Crippen molar-refractivity contribution in [3.8, 4) is 0 Å². The van der Waals surface area contributed by atoms with Gasteiger partial charge < -0.3 is 0 Å². The fourth-order valence-electron chi connectivity index (χ4n) is 1.09. The molecule has 0 saturated carbocycles.